The number of nitrogens with zero attached hydrogens (tertiary/aromatic N) is 2. The fourth-order valence-corrected chi connectivity index (χ4v) is 2.02. The number of anilines is 1. The van der Waals surface area contributed by atoms with Crippen LogP contribution in [-0.2, 0) is 11.2 Å². The Bertz CT molecular complexity index is 781. The Morgan fingerprint density at radius 2 is 2.10 bits per heavy atom. The van der Waals surface area contributed by atoms with Crippen LogP contribution >= 0.6 is 0 Å². The van der Waals surface area contributed by atoms with Crippen molar-refractivity contribution in [3.05, 3.63) is 66.1 Å². The van der Waals surface area contributed by atoms with E-state index in [1.165, 1.54) is 0 Å². The Hall–Kier alpha value is -2.76. The summed E-state index contributed by atoms with van der Waals surface area (Å²) in [7, 11) is 0. The summed E-state index contributed by atoms with van der Waals surface area (Å²) in [6.07, 6.45) is 3.52. The number of pyridine rings is 1. The van der Waals surface area contributed by atoms with Crippen LogP contribution in [-0.4, -0.2) is 15.3 Å². The maximum atomic E-state index is 13.4. The molecule has 0 unspecified atom stereocenters. The van der Waals surface area contributed by atoms with Gasteiger partial charge in [0.2, 0.25) is 5.91 Å². The Morgan fingerprint density at radius 3 is 2.90 bits per heavy atom. The molecule has 0 aliphatic carbocycles. The van der Waals surface area contributed by atoms with Crippen molar-refractivity contribution in [2.75, 3.05) is 5.32 Å². The van der Waals surface area contributed by atoms with Gasteiger partial charge in [0.05, 0.1) is 17.8 Å². The highest BCUT2D eigenvalue weighted by atomic mass is 19.1. The number of nitrogens with one attached hydrogen (secondary N) is 1. The fourth-order valence-electron chi connectivity index (χ4n) is 2.02. The summed E-state index contributed by atoms with van der Waals surface area (Å²) in [5.74, 6) is -1.75. The minimum atomic E-state index is -0.681. The molecule has 1 amide bonds. The Labute approximate surface area is 119 Å². The van der Waals surface area contributed by atoms with Crippen molar-refractivity contribution in [2.45, 2.75) is 6.42 Å². The van der Waals surface area contributed by atoms with Gasteiger partial charge in [0.25, 0.3) is 0 Å². The van der Waals surface area contributed by atoms with Crippen LogP contribution in [0.25, 0.3) is 5.65 Å². The summed E-state index contributed by atoms with van der Waals surface area (Å²) in [6.45, 7) is 0. The first-order valence-corrected chi connectivity index (χ1v) is 6.29. The van der Waals surface area contributed by atoms with Gasteiger partial charge in [-0.2, -0.15) is 0 Å². The van der Waals surface area contributed by atoms with E-state index in [0.29, 0.717) is 5.69 Å². The minimum absolute atomic E-state index is 0.0162. The van der Waals surface area contributed by atoms with Crippen molar-refractivity contribution in [3.8, 4) is 0 Å². The topological polar surface area (TPSA) is 46.4 Å². The lowest BCUT2D eigenvalue weighted by molar-refractivity contribution is -0.115. The second kappa shape index (κ2) is 5.32. The molecular formula is C15H11F2N3O. The van der Waals surface area contributed by atoms with E-state index >= 15 is 0 Å². The molecule has 0 aliphatic heterocycles. The summed E-state index contributed by atoms with van der Waals surface area (Å²) in [4.78, 5) is 16.1. The zero-order valence-electron chi connectivity index (χ0n) is 10.9. The van der Waals surface area contributed by atoms with Gasteiger partial charge in [-0.1, -0.05) is 6.07 Å². The summed E-state index contributed by atoms with van der Waals surface area (Å²) in [5, 5.41) is 2.34. The molecule has 3 rings (SSSR count). The first-order valence-electron chi connectivity index (χ1n) is 6.29. The van der Waals surface area contributed by atoms with Crippen LogP contribution in [0.4, 0.5) is 14.5 Å². The maximum Gasteiger partial charge on any atom is 0.230 e. The van der Waals surface area contributed by atoms with Gasteiger partial charge in [0.15, 0.2) is 0 Å². The van der Waals surface area contributed by atoms with Crippen LogP contribution in [0.1, 0.15) is 5.69 Å². The third-order valence-electron chi connectivity index (χ3n) is 2.96. The van der Waals surface area contributed by atoms with E-state index in [-0.39, 0.29) is 12.1 Å². The van der Waals surface area contributed by atoms with Gasteiger partial charge < -0.3 is 9.72 Å². The SMILES string of the molecule is O=C(Cc1cn2ccccc2n1)Nc1cc(F)ccc1F. The van der Waals surface area contributed by atoms with Crippen molar-refractivity contribution in [1.82, 2.24) is 9.38 Å². The van der Waals surface area contributed by atoms with E-state index in [4.69, 9.17) is 0 Å². The smallest absolute Gasteiger partial charge is 0.230 e. The van der Waals surface area contributed by atoms with E-state index in [1.54, 1.807) is 10.6 Å². The molecule has 3 aromatic rings. The van der Waals surface area contributed by atoms with Crippen LogP contribution in [0.5, 0.6) is 0 Å². The fraction of sp³-hybridized carbons (Fsp3) is 0.0667. The highest BCUT2D eigenvalue weighted by molar-refractivity contribution is 5.92. The number of carbonyl (C=O) groups is 1. The Morgan fingerprint density at radius 1 is 1.24 bits per heavy atom. The number of benzene rings is 1. The normalized spacial score (nSPS) is 10.8. The molecule has 0 fully saturated rings. The number of aromatic nitrogens is 2. The number of hydrogen-bond donors (Lipinski definition) is 1. The molecule has 0 saturated heterocycles. The summed E-state index contributed by atoms with van der Waals surface area (Å²) >= 11 is 0. The molecule has 0 atom stereocenters. The molecule has 21 heavy (non-hydrogen) atoms. The average Bonchev–Trinajstić information content (AvgIpc) is 2.84. The van der Waals surface area contributed by atoms with E-state index in [2.05, 4.69) is 10.3 Å². The molecule has 1 N–H and O–H groups in total. The maximum absolute atomic E-state index is 13.4. The lowest BCUT2D eigenvalue weighted by Gasteiger charge is -2.05. The number of amides is 1. The van der Waals surface area contributed by atoms with Crippen LogP contribution in [0.2, 0.25) is 0 Å². The van der Waals surface area contributed by atoms with Crippen LogP contribution in [0, 0.1) is 11.6 Å². The van der Waals surface area contributed by atoms with Gasteiger partial charge in [-0.15, -0.1) is 0 Å². The Kier molecular flexibility index (Phi) is 3.35. The lowest BCUT2D eigenvalue weighted by atomic mass is 10.2. The number of carbonyl (C=O) groups excluding carboxylic acids is 1. The van der Waals surface area contributed by atoms with Crippen molar-refractivity contribution < 1.29 is 13.6 Å². The number of rotatable bonds is 3. The van der Waals surface area contributed by atoms with Crippen LogP contribution in [0.3, 0.4) is 0 Å². The van der Waals surface area contributed by atoms with E-state index in [9.17, 15) is 13.6 Å². The van der Waals surface area contributed by atoms with Crippen molar-refractivity contribution in [2.24, 2.45) is 0 Å². The van der Waals surface area contributed by atoms with E-state index in [0.717, 1.165) is 23.8 Å². The van der Waals surface area contributed by atoms with Crippen LogP contribution in [0.15, 0.2) is 48.8 Å². The third kappa shape index (κ3) is 2.89. The van der Waals surface area contributed by atoms with Gasteiger partial charge >= 0.3 is 0 Å². The minimum Gasteiger partial charge on any atom is -0.323 e. The monoisotopic (exact) mass is 287 g/mol. The second-order valence-corrected chi connectivity index (χ2v) is 4.55. The molecular weight excluding hydrogens is 276 g/mol. The quantitative estimate of drug-likeness (QED) is 0.805. The van der Waals surface area contributed by atoms with Crippen molar-refractivity contribution in [1.29, 1.82) is 0 Å². The largest absolute Gasteiger partial charge is 0.323 e. The molecule has 0 radical (unpaired) electrons. The molecule has 4 nitrogen and oxygen atoms in total. The molecule has 0 bridgehead atoms. The molecule has 106 valence electrons. The van der Waals surface area contributed by atoms with Crippen molar-refractivity contribution >= 4 is 17.2 Å². The highest BCUT2D eigenvalue weighted by Crippen LogP contribution is 2.15. The predicted octanol–water partition coefficient (Wildman–Crippen LogP) is 2.79. The van der Waals surface area contributed by atoms with Gasteiger partial charge in [0, 0.05) is 18.5 Å². The molecule has 2 aromatic heterocycles. The van der Waals surface area contributed by atoms with Crippen LogP contribution < -0.4 is 5.32 Å². The first-order chi connectivity index (χ1) is 10.1. The highest BCUT2D eigenvalue weighted by Gasteiger charge is 2.11. The average molecular weight is 287 g/mol. The van der Waals surface area contributed by atoms with E-state index < -0.39 is 17.5 Å². The summed E-state index contributed by atoms with van der Waals surface area (Å²) in [5.41, 5.74) is 1.09. The van der Waals surface area contributed by atoms with Gasteiger partial charge in [0.1, 0.15) is 17.3 Å². The summed E-state index contributed by atoms with van der Waals surface area (Å²) in [6, 6.07) is 8.41. The predicted molar refractivity (Wildman–Crippen MR) is 73.9 cm³/mol. The molecule has 2 heterocycles. The zero-order valence-corrected chi connectivity index (χ0v) is 10.9. The zero-order chi connectivity index (χ0) is 14.8. The number of fused-ring (bicyclic) bond motifs is 1. The first kappa shape index (κ1) is 13.2. The molecule has 0 aliphatic rings. The molecule has 0 spiro atoms. The molecule has 1 aromatic carbocycles. The molecule has 6 heteroatoms. The third-order valence-corrected chi connectivity index (χ3v) is 2.96. The molecule has 0 saturated carbocycles. The lowest BCUT2D eigenvalue weighted by Crippen LogP contribution is -2.15. The number of imidazole rings is 1. The Balaban J connectivity index is 1.75. The van der Waals surface area contributed by atoms with Gasteiger partial charge in [-0.25, -0.2) is 13.8 Å². The van der Waals surface area contributed by atoms with Gasteiger partial charge in [-0.05, 0) is 24.3 Å². The van der Waals surface area contributed by atoms with E-state index in [1.807, 2.05) is 24.4 Å². The number of hydrogen-bond acceptors (Lipinski definition) is 2. The second-order valence-electron chi connectivity index (χ2n) is 4.55. The van der Waals surface area contributed by atoms with Crippen molar-refractivity contribution in [3.63, 3.8) is 0 Å². The standard InChI is InChI=1S/C15H11F2N3O/c16-10-4-5-12(17)13(7-10)19-15(21)8-11-9-20-6-2-1-3-14(20)18-11/h1-7,9H,8H2,(H,19,21). The summed E-state index contributed by atoms with van der Waals surface area (Å²) < 4.78 is 28.2. The number of halogens is 2. The van der Waals surface area contributed by atoms with Gasteiger partial charge in [-0.3, -0.25) is 4.79 Å².